The summed E-state index contributed by atoms with van der Waals surface area (Å²) < 4.78 is 0. The zero-order chi connectivity index (χ0) is 13.6. The zero-order valence-electron chi connectivity index (χ0n) is 10.8. The van der Waals surface area contributed by atoms with Crippen LogP contribution in [-0.4, -0.2) is 52.3 Å². The molecule has 106 valence electrons. The van der Waals surface area contributed by atoms with E-state index in [1.165, 1.54) is 30.6 Å². The molecule has 1 saturated heterocycles. The van der Waals surface area contributed by atoms with Gasteiger partial charge in [-0.2, -0.15) is 0 Å². The van der Waals surface area contributed by atoms with Gasteiger partial charge in [-0.05, 0) is 37.0 Å². The lowest BCUT2D eigenvalue weighted by atomic mass is 10.0. The average molecular weight is 268 g/mol. The number of nitrogens with zero attached hydrogens (tertiary/aromatic N) is 1. The summed E-state index contributed by atoms with van der Waals surface area (Å²) in [5.41, 5.74) is 0.298. The van der Waals surface area contributed by atoms with E-state index in [9.17, 15) is 14.7 Å². The van der Waals surface area contributed by atoms with Gasteiger partial charge in [0.2, 0.25) is 0 Å². The molecule has 3 N–H and O–H groups in total. The third kappa shape index (κ3) is 2.41. The molecule has 0 aromatic heterocycles. The normalized spacial score (nSPS) is 32.2. The van der Waals surface area contributed by atoms with Gasteiger partial charge in [-0.15, -0.1) is 0 Å². The monoisotopic (exact) mass is 268 g/mol. The first-order valence-corrected chi connectivity index (χ1v) is 6.97. The summed E-state index contributed by atoms with van der Waals surface area (Å²) in [4.78, 5) is 24.4. The van der Waals surface area contributed by atoms with E-state index >= 15 is 0 Å². The van der Waals surface area contributed by atoms with Crippen LogP contribution in [-0.2, 0) is 4.79 Å². The Morgan fingerprint density at radius 1 is 1.32 bits per heavy atom. The fraction of sp³-hybridized carbons (Fsp3) is 0.846. The molecule has 2 amide bonds. The first kappa shape index (κ1) is 12.7. The average Bonchev–Trinajstić information content (AvgIpc) is 3.23. The molecule has 1 aliphatic heterocycles. The second kappa shape index (κ2) is 4.37. The highest BCUT2D eigenvalue weighted by Gasteiger charge is 2.53. The van der Waals surface area contributed by atoms with Crippen molar-refractivity contribution < 1.29 is 19.8 Å². The lowest BCUT2D eigenvalue weighted by Crippen LogP contribution is -2.47. The van der Waals surface area contributed by atoms with Crippen LogP contribution in [0.15, 0.2) is 0 Å². The zero-order valence-corrected chi connectivity index (χ0v) is 10.8. The van der Waals surface area contributed by atoms with Gasteiger partial charge >= 0.3 is 12.0 Å². The second-order valence-corrected chi connectivity index (χ2v) is 6.19. The summed E-state index contributed by atoms with van der Waals surface area (Å²) in [6.45, 7) is 0.759. The molecule has 0 spiro atoms. The van der Waals surface area contributed by atoms with Crippen LogP contribution >= 0.6 is 0 Å². The van der Waals surface area contributed by atoms with Crippen molar-refractivity contribution in [3.63, 3.8) is 0 Å². The Morgan fingerprint density at radius 3 is 2.53 bits per heavy atom. The third-order valence-corrected chi connectivity index (χ3v) is 4.75. The number of aliphatic hydroxyl groups is 1. The Labute approximate surface area is 111 Å². The molecule has 2 aliphatic carbocycles. The molecule has 0 bridgehead atoms. The molecule has 0 radical (unpaired) electrons. The van der Waals surface area contributed by atoms with Gasteiger partial charge in [-0.1, -0.05) is 0 Å². The van der Waals surface area contributed by atoms with Crippen LogP contribution in [0.4, 0.5) is 4.79 Å². The number of amides is 2. The van der Waals surface area contributed by atoms with Gasteiger partial charge in [0.15, 0.2) is 0 Å². The topological polar surface area (TPSA) is 89.9 Å². The number of likely N-dealkylation sites (tertiary alicyclic amines) is 1. The Bertz CT molecular complexity index is 403. The molecule has 2 atom stereocenters. The van der Waals surface area contributed by atoms with Gasteiger partial charge < -0.3 is 20.4 Å². The van der Waals surface area contributed by atoms with E-state index in [0.717, 1.165) is 5.92 Å². The summed E-state index contributed by atoms with van der Waals surface area (Å²) in [5, 5.41) is 21.4. The Hall–Kier alpha value is -1.30. The molecule has 19 heavy (non-hydrogen) atoms. The predicted octanol–water partition coefficient (Wildman–Crippen LogP) is 0.406. The summed E-state index contributed by atoms with van der Waals surface area (Å²) in [7, 11) is 0. The number of urea groups is 1. The van der Waals surface area contributed by atoms with E-state index in [2.05, 4.69) is 5.32 Å². The van der Waals surface area contributed by atoms with Crippen LogP contribution in [0.25, 0.3) is 0 Å². The maximum Gasteiger partial charge on any atom is 0.326 e. The van der Waals surface area contributed by atoms with Gasteiger partial charge in [0.05, 0.1) is 6.10 Å². The first-order valence-electron chi connectivity index (χ1n) is 6.97. The van der Waals surface area contributed by atoms with Gasteiger partial charge in [-0.3, -0.25) is 0 Å². The lowest BCUT2D eigenvalue weighted by Gasteiger charge is -2.23. The fourth-order valence-corrected chi connectivity index (χ4v) is 3.21. The maximum absolute atomic E-state index is 12.1. The summed E-state index contributed by atoms with van der Waals surface area (Å²) in [6, 6.07) is -1.25. The van der Waals surface area contributed by atoms with E-state index < -0.39 is 18.1 Å². The number of β-amino-alcohol motifs (C(OH)–C–C–N with tert-alkyl or cyclic N) is 1. The minimum Gasteiger partial charge on any atom is -0.480 e. The maximum atomic E-state index is 12.1. The standard InChI is InChI=1S/C13H20N2O4/c16-9-5-10(11(17)18)15(6-9)12(19)14-7-13(3-4-13)8-1-2-8/h8-10,16H,1-7H2,(H,14,19)(H,17,18). The molecule has 2 saturated carbocycles. The molecule has 6 nitrogen and oxygen atoms in total. The van der Waals surface area contributed by atoms with Crippen LogP contribution < -0.4 is 5.32 Å². The van der Waals surface area contributed by atoms with Gasteiger partial charge in [0.1, 0.15) is 6.04 Å². The molecular formula is C13H20N2O4. The molecule has 0 aromatic carbocycles. The number of carbonyl (C=O) groups excluding carboxylic acids is 1. The Balaban J connectivity index is 1.56. The minimum atomic E-state index is -1.05. The SMILES string of the molecule is O=C(O)C1CC(O)CN1C(=O)NCC1(C2CC2)CC1. The Kier molecular flexibility index (Phi) is 2.92. The smallest absolute Gasteiger partial charge is 0.326 e. The molecule has 6 heteroatoms. The van der Waals surface area contributed by atoms with Crippen molar-refractivity contribution in [1.29, 1.82) is 0 Å². The molecule has 3 rings (SSSR count). The van der Waals surface area contributed by atoms with Crippen LogP contribution in [0.3, 0.4) is 0 Å². The fourth-order valence-electron chi connectivity index (χ4n) is 3.21. The lowest BCUT2D eigenvalue weighted by molar-refractivity contribution is -0.141. The van der Waals surface area contributed by atoms with Gasteiger partial charge in [-0.25, -0.2) is 9.59 Å². The molecule has 2 unspecified atom stereocenters. The quantitative estimate of drug-likeness (QED) is 0.688. The van der Waals surface area contributed by atoms with Crippen LogP contribution in [0.2, 0.25) is 0 Å². The van der Waals surface area contributed by atoms with Crippen LogP contribution in [0.5, 0.6) is 0 Å². The highest BCUT2D eigenvalue weighted by Crippen LogP contribution is 2.60. The molecule has 1 heterocycles. The second-order valence-electron chi connectivity index (χ2n) is 6.19. The van der Waals surface area contributed by atoms with Crippen LogP contribution in [0, 0.1) is 11.3 Å². The van der Waals surface area contributed by atoms with E-state index in [1.54, 1.807) is 0 Å². The van der Waals surface area contributed by atoms with Crippen molar-refractivity contribution in [2.24, 2.45) is 11.3 Å². The van der Waals surface area contributed by atoms with E-state index in [-0.39, 0.29) is 19.0 Å². The summed E-state index contributed by atoms with van der Waals surface area (Å²) >= 11 is 0. The Morgan fingerprint density at radius 2 is 2.00 bits per heavy atom. The largest absolute Gasteiger partial charge is 0.480 e. The van der Waals surface area contributed by atoms with Crippen molar-refractivity contribution in [2.45, 2.75) is 44.2 Å². The van der Waals surface area contributed by atoms with E-state index in [1.807, 2.05) is 0 Å². The minimum absolute atomic E-state index is 0.110. The molecular weight excluding hydrogens is 248 g/mol. The summed E-state index contributed by atoms with van der Waals surface area (Å²) in [5.74, 6) is -0.290. The number of hydrogen-bond donors (Lipinski definition) is 3. The van der Waals surface area contributed by atoms with Crippen molar-refractivity contribution in [3.05, 3.63) is 0 Å². The van der Waals surface area contributed by atoms with Crippen molar-refractivity contribution in [3.8, 4) is 0 Å². The van der Waals surface area contributed by atoms with Gasteiger partial charge in [0.25, 0.3) is 0 Å². The number of nitrogens with one attached hydrogen (secondary N) is 1. The number of carboxylic acids is 1. The molecule has 3 aliphatic rings. The predicted molar refractivity (Wildman–Crippen MR) is 66.5 cm³/mol. The highest BCUT2D eigenvalue weighted by molar-refractivity contribution is 5.83. The van der Waals surface area contributed by atoms with Crippen molar-refractivity contribution in [1.82, 2.24) is 10.2 Å². The highest BCUT2D eigenvalue weighted by atomic mass is 16.4. The number of carboxylic acid groups (broad SMARTS) is 1. The number of hydrogen-bond acceptors (Lipinski definition) is 3. The van der Waals surface area contributed by atoms with Crippen molar-refractivity contribution in [2.75, 3.05) is 13.1 Å². The number of aliphatic carboxylic acids is 1. The van der Waals surface area contributed by atoms with Crippen LogP contribution in [0.1, 0.15) is 32.1 Å². The van der Waals surface area contributed by atoms with Gasteiger partial charge in [0, 0.05) is 19.5 Å². The van der Waals surface area contributed by atoms with E-state index in [0.29, 0.717) is 12.0 Å². The van der Waals surface area contributed by atoms with E-state index in [4.69, 9.17) is 5.11 Å². The number of rotatable bonds is 4. The molecule has 0 aromatic rings. The first-order chi connectivity index (χ1) is 9.02. The number of aliphatic hydroxyl groups excluding tert-OH is 1. The molecule has 3 fully saturated rings. The summed E-state index contributed by atoms with van der Waals surface area (Å²) in [6.07, 6.45) is 4.25. The third-order valence-electron chi connectivity index (χ3n) is 4.75. The van der Waals surface area contributed by atoms with Crippen molar-refractivity contribution >= 4 is 12.0 Å². The number of carbonyl (C=O) groups is 2.